The van der Waals surface area contributed by atoms with Crippen molar-refractivity contribution in [1.82, 2.24) is 5.32 Å². The molecule has 212 valence electrons. The molecule has 1 amide bonds. The van der Waals surface area contributed by atoms with E-state index in [0.29, 0.717) is 59.0 Å². The van der Waals surface area contributed by atoms with E-state index >= 15 is 0 Å². The summed E-state index contributed by atoms with van der Waals surface area (Å²) >= 11 is 0. The standard InChI is InChI=1S/C29H38N2O8/c30-26(12-15-37-17-19-38-18-16-36-14-5-13-31-27(32)10-11-28(33)34)29(35)39-20-25-23-8-3-1-6-21(23)22-7-2-4-9-24(22)25/h1-4,6-9,25-26H,5,10-20,30H2,(H,31,32)(H,33,34). The Balaban J connectivity index is 1.17. The van der Waals surface area contributed by atoms with E-state index in [1.54, 1.807) is 0 Å². The molecule has 0 fully saturated rings. The molecule has 0 radical (unpaired) electrons. The van der Waals surface area contributed by atoms with Gasteiger partial charge in [-0.1, -0.05) is 48.5 Å². The normalized spacial score (nSPS) is 12.9. The van der Waals surface area contributed by atoms with Crippen LogP contribution in [0.15, 0.2) is 48.5 Å². The molecule has 10 heteroatoms. The topological polar surface area (TPSA) is 146 Å². The van der Waals surface area contributed by atoms with Crippen LogP contribution in [0.1, 0.15) is 42.7 Å². The zero-order valence-electron chi connectivity index (χ0n) is 22.1. The monoisotopic (exact) mass is 542 g/mol. The van der Waals surface area contributed by atoms with Crippen molar-refractivity contribution >= 4 is 17.8 Å². The third-order valence-corrected chi connectivity index (χ3v) is 6.33. The fraction of sp³-hybridized carbons (Fsp3) is 0.483. The van der Waals surface area contributed by atoms with E-state index in [9.17, 15) is 14.4 Å². The van der Waals surface area contributed by atoms with Crippen molar-refractivity contribution < 1.29 is 38.4 Å². The maximum atomic E-state index is 12.5. The quantitative estimate of drug-likeness (QED) is 0.180. The van der Waals surface area contributed by atoms with Crippen LogP contribution in [0.4, 0.5) is 0 Å². The Hall–Kier alpha value is -3.31. The highest BCUT2D eigenvalue weighted by molar-refractivity contribution is 5.81. The van der Waals surface area contributed by atoms with Crippen molar-refractivity contribution in [2.45, 2.75) is 37.6 Å². The Morgan fingerprint density at radius 1 is 0.821 bits per heavy atom. The third-order valence-electron chi connectivity index (χ3n) is 6.33. The van der Waals surface area contributed by atoms with Gasteiger partial charge in [0, 0.05) is 32.1 Å². The number of amides is 1. The maximum Gasteiger partial charge on any atom is 0.323 e. The third kappa shape index (κ3) is 10.1. The Labute approximate surface area is 228 Å². The van der Waals surface area contributed by atoms with Crippen LogP contribution in [-0.2, 0) is 33.3 Å². The SMILES string of the molecule is NC(CCOCCOCCOCCCNC(=O)CCC(=O)O)C(=O)OCC1c2ccccc2-c2ccccc21. The predicted octanol–water partition coefficient (Wildman–Crippen LogP) is 2.48. The summed E-state index contributed by atoms with van der Waals surface area (Å²) in [4.78, 5) is 34.2. The number of hydrogen-bond donors (Lipinski definition) is 3. The second-order valence-corrected chi connectivity index (χ2v) is 9.19. The van der Waals surface area contributed by atoms with Crippen LogP contribution in [0.2, 0.25) is 0 Å². The molecule has 1 aliphatic carbocycles. The average molecular weight is 543 g/mol. The van der Waals surface area contributed by atoms with Crippen LogP contribution in [-0.4, -0.2) is 81.8 Å². The van der Waals surface area contributed by atoms with Gasteiger partial charge in [-0.25, -0.2) is 0 Å². The van der Waals surface area contributed by atoms with Crippen LogP contribution in [0.3, 0.4) is 0 Å². The van der Waals surface area contributed by atoms with Crippen LogP contribution in [0.5, 0.6) is 0 Å². The number of benzene rings is 2. The molecule has 0 heterocycles. The zero-order valence-corrected chi connectivity index (χ0v) is 22.1. The van der Waals surface area contributed by atoms with Crippen molar-refractivity contribution in [1.29, 1.82) is 0 Å². The van der Waals surface area contributed by atoms with Crippen LogP contribution < -0.4 is 11.1 Å². The molecule has 0 bridgehead atoms. The number of aliphatic carboxylic acids is 1. The van der Waals surface area contributed by atoms with Gasteiger partial charge >= 0.3 is 11.9 Å². The summed E-state index contributed by atoms with van der Waals surface area (Å²) in [5.41, 5.74) is 10.7. The first-order valence-electron chi connectivity index (χ1n) is 13.3. The summed E-state index contributed by atoms with van der Waals surface area (Å²) in [7, 11) is 0. The highest BCUT2D eigenvalue weighted by Gasteiger charge is 2.29. The van der Waals surface area contributed by atoms with Gasteiger partial charge in [0.2, 0.25) is 5.91 Å². The number of esters is 1. The van der Waals surface area contributed by atoms with Crippen molar-refractivity contribution in [3.8, 4) is 11.1 Å². The van der Waals surface area contributed by atoms with E-state index < -0.39 is 18.0 Å². The molecule has 3 rings (SSSR count). The van der Waals surface area contributed by atoms with Gasteiger partial charge in [0.1, 0.15) is 12.6 Å². The molecule has 0 saturated carbocycles. The van der Waals surface area contributed by atoms with Gasteiger partial charge < -0.3 is 35.1 Å². The fourth-order valence-electron chi connectivity index (χ4n) is 4.29. The van der Waals surface area contributed by atoms with Gasteiger partial charge in [0.25, 0.3) is 0 Å². The van der Waals surface area contributed by atoms with E-state index in [1.807, 2.05) is 24.3 Å². The van der Waals surface area contributed by atoms with E-state index in [0.717, 1.165) is 11.1 Å². The van der Waals surface area contributed by atoms with Gasteiger partial charge in [-0.2, -0.15) is 0 Å². The van der Waals surface area contributed by atoms with Crippen molar-refractivity contribution in [3.05, 3.63) is 59.7 Å². The first-order chi connectivity index (χ1) is 19.0. The number of ether oxygens (including phenoxy) is 4. The van der Waals surface area contributed by atoms with Crippen molar-refractivity contribution in [2.75, 3.05) is 52.8 Å². The number of hydrogen-bond acceptors (Lipinski definition) is 8. The summed E-state index contributed by atoms with van der Waals surface area (Å²) in [6.45, 7) is 3.07. The van der Waals surface area contributed by atoms with Gasteiger partial charge in [-0.05, 0) is 35.1 Å². The summed E-state index contributed by atoms with van der Waals surface area (Å²) in [6, 6.07) is 15.6. The summed E-state index contributed by atoms with van der Waals surface area (Å²) in [5, 5.41) is 11.2. The molecule has 1 aliphatic rings. The van der Waals surface area contributed by atoms with Crippen molar-refractivity contribution in [3.63, 3.8) is 0 Å². The molecule has 2 aromatic rings. The molecule has 10 nitrogen and oxygen atoms in total. The lowest BCUT2D eigenvalue weighted by atomic mass is 9.98. The number of carboxylic acids is 1. The Bertz CT molecular complexity index is 1030. The number of carboxylic acid groups (broad SMARTS) is 1. The zero-order chi connectivity index (χ0) is 27.9. The molecule has 4 N–H and O–H groups in total. The Kier molecular flexibility index (Phi) is 12.9. The highest BCUT2D eigenvalue weighted by atomic mass is 16.5. The summed E-state index contributed by atoms with van der Waals surface area (Å²) in [5.74, 6) is -1.70. The molecule has 0 aromatic heterocycles. The van der Waals surface area contributed by atoms with Crippen molar-refractivity contribution in [2.24, 2.45) is 5.73 Å². The van der Waals surface area contributed by atoms with E-state index in [2.05, 4.69) is 29.6 Å². The average Bonchev–Trinajstić information content (AvgIpc) is 3.26. The molecule has 1 unspecified atom stereocenters. The number of nitrogens with one attached hydrogen (secondary N) is 1. The maximum absolute atomic E-state index is 12.5. The van der Waals surface area contributed by atoms with Crippen LogP contribution in [0, 0.1) is 0 Å². The van der Waals surface area contributed by atoms with Gasteiger partial charge in [0.05, 0.1) is 32.8 Å². The lowest BCUT2D eigenvalue weighted by Gasteiger charge is -2.16. The highest BCUT2D eigenvalue weighted by Crippen LogP contribution is 2.44. The smallest absolute Gasteiger partial charge is 0.323 e. The second-order valence-electron chi connectivity index (χ2n) is 9.19. The number of rotatable bonds is 19. The number of carbonyl (C=O) groups excluding carboxylic acids is 2. The Morgan fingerprint density at radius 2 is 1.38 bits per heavy atom. The second kappa shape index (κ2) is 16.6. The lowest BCUT2D eigenvalue weighted by Crippen LogP contribution is -2.34. The summed E-state index contributed by atoms with van der Waals surface area (Å²) in [6.07, 6.45) is 0.792. The minimum atomic E-state index is -0.990. The molecule has 0 saturated heterocycles. The number of nitrogens with two attached hydrogens (primary N) is 1. The van der Waals surface area contributed by atoms with E-state index in [4.69, 9.17) is 29.8 Å². The molecular formula is C29H38N2O8. The Morgan fingerprint density at radius 3 is 2.00 bits per heavy atom. The predicted molar refractivity (Wildman–Crippen MR) is 144 cm³/mol. The molecular weight excluding hydrogens is 504 g/mol. The van der Waals surface area contributed by atoms with Gasteiger partial charge in [0.15, 0.2) is 0 Å². The van der Waals surface area contributed by atoms with Gasteiger partial charge in [-0.3, -0.25) is 14.4 Å². The minimum Gasteiger partial charge on any atom is -0.481 e. The molecule has 0 spiro atoms. The molecule has 1 atom stereocenters. The number of fused-ring (bicyclic) bond motifs is 3. The van der Waals surface area contributed by atoms with Crippen LogP contribution >= 0.6 is 0 Å². The molecule has 39 heavy (non-hydrogen) atoms. The minimum absolute atomic E-state index is 0.00207. The van der Waals surface area contributed by atoms with E-state index in [1.165, 1.54) is 11.1 Å². The fourth-order valence-corrected chi connectivity index (χ4v) is 4.29. The summed E-state index contributed by atoms with van der Waals surface area (Å²) < 4.78 is 22.0. The number of carbonyl (C=O) groups is 3. The van der Waals surface area contributed by atoms with E-state index in [-0.39, 0.29) is 31.3 Å². The first-order valence-corrected chi connectivity index (χ1v) is 13.3. The lowest BCUT2D eigenvalue weighted by molar-refractivity contribution is -0.146. The largest absolute Gasteiger partial charge is 0.481 e. The van der Waals surface area contributed by atoms with Crippen LogP contribution in [0.25, 0.3) is 11.1 Å². The molecule has 2 aromatic carbocycles. The van der Waals surface area contributed by atoms with Gasteiger partial charge in [-0.15, -0.1) is 0 Å². The molecule has 0 aliphatic heterocycles. The first kappa shape index (κ1) is 30.2.